The number of halogens is 1. The van der Waals surface area contributed by atoms with Gasteiger partial charge in [0.15, 0.2) is 11.5 Å². The summed E-state index contributed by atoms with van der Waals surface area (Å²) >= 11 is 6.35. The molecule has 0 unspecified atom stereocenters. The number of fused-ring (bicyclic) bond motifs is 1. The van der Waals surface area contributed by atoms with Gasteiger partial charge in [0, 0.05) is 23.7 Å². The van der Waals surface area contributed by atoms with E-state index in [1.165, 1.54) is 6.08 Å². The number of amides is 2. The van der Waals surface area contributed by atoms with Gasteiger partial charge in [-0.2, -0.15) is 4.99 Å². The van der Waals surface area contributed by atoms with Crippen LogP contribution in [-0.2, 0) is 0 Å². The molecule has 35 heavy (non-hydrogen) atoms. The van der Waals surface area contributed by atoms with Crippen LogP contribution in [0.1, 0.15) is 19.8 Å². The molecule has 2 aromatic carbocycles. The van der Waals surface area contributed by atoms with E-state index in [1.54, 1.807) is 56.6 Å². The number of hydrogen-bond acceptors (Lipinski definition) is 6. The third-order valence-electron chi connectivity index (χ3n) is 5.37. The van der Waals surface area contributed by atoms with Crippen LogP contribution in [0.25, 0.3) is 10.9 Å². The molecule has 5 N–H and O–H groups in total. The predicted molar refractivity (Wildman–Crippen MR) is 137 cm³/mol. The first kappa shape index (κ1) is 24.3. The molecule has 1 aliphatic carbocycles. The summed E-state index contributed by atoms with van der Waals surface area (Å²) in [7, 11) is 1.57. The molecule has 3 aromatic rings. The Labute approximate surface area is 207 Å². The van der Waals surface area contributed by atoms with Gasteiger partial charge in [0.1, 0.15) is 23.9 Å². The monoisotopic (exact) mass is 495 g/mol. The molecule has 2 amide bonds. The number of rotatable bonds is 8. The number of hydrogen-bond donors (Lipinski definition) is 3. The van der Waals surface area contributed by atoms with Crippen molar-refractivity contribution in [1.29, 1.82) is 0 Å². The third-order valence-corrected chi connectivity index (χ3v) is 5.69. The van der Waals surface area contributed by atoms with Crippen LogP contribution in [-0.4, -0.2) is 36.1 Å². The van der Waals surface area contributed by atoms with E-state index < -0.39 is 6.03 Å². The first-order valence-electron chi connectivity index (χ1n) is 10.9. The van der Waals surface area contributed by atoms with Gasteiger partial charge in [-0.1, -0.05) is 17.7 Å². The SMILES string of the molecule is CC=CC(N)=NC(=O)Nc1ccc(Oc2ccnc3cc(OCC4(N)CC4)c(OC)cc23)cc1Cl. The summed E-state index contributed by atoms with van der Waals surface area (Å²) in [6.07, 6.45) is 6.73. The molecule has 1 heterocycles. The van der Waals surface area contributed by atoms with E-state index in [-0.39, 0.29) is 16.4 Å². The van der Waals surface area contributed by atoms with Gasteiger partial charge < -0.3 is 31.0 Å². The second-order valence-corrected chi connectivity index (χ2v) is 8.60. The molecule has 4 rings (SSSR count). The number of ether oxygens (including phenoxy) is 3. The maximum Gasteiger partial charge on any atom is 0.347 e. The molecule has 1 aliphatic rings. The van der Waals surface area contributed by atoms with Crippen molar-refractivity contribution in [3.8, 4) is 23.0 Å². The Kier molecular flexibility index (Phi) is 7.09. The quantitative estimate of drug-likeness (QED) is 0.295. The van der Waals surface area contributed by atoms with Crippen molar-refractivity contribution >= 4 is 40.1 Å². The van der Waals surface area contributed by atoms with Gasteiger partial charge in [0.2, 0.25) is 0 Å². The largest absolute Gasteiger partial charge is 0.493 e. The molecular weight excluding hydrogens is 470 g/mol. The number of benzene rings is 2. The number of pyridine rings is 1. The highest BCUT2D eigenvalue weighted by molar-refractivity contribution is 6.33. The molecule has 182 valence electrons. The Morgan fingerprint density at radius 1 is 1.23 bits per heavy atom. The van der Waals surface area contributed by atoms with Crippen molar-refractivity contribution in [2.45, 2.75) is 25.3 Å². The zero-order valence-corrected chi connectivity index (χ0v) is 20.1. The summed E-state index contributed by atoms with van der Waals surface area (Å²) in [5.41, 5.74) is 12.6. The van der Waals surface area contributed by atoms with E-state index in [2.05, 4.69) is 15.3 Å². The number of aliphatic imine (C=N–C) groups is 1. The summed E-state index contributed by atoms with van der Waals surface area (Å²) in [4.78, 5) is 20.2. The van der Waals surface area contributed by atoms with Crippen LogP contribution < -0.4 is 31.0 Å². The van der Waals surface area contributed by atoms with Gasteiger partial charge in [-0.05, 0) is 50.1 Å². The summed E-state index contributed by atoms with van der Waals surface area (Å²) in [6, 6.07) is 9.61. The molecule has 0 atom stereocenters. The molecule has 0 radical (unpaired) electrons. The second-order valence-electron chi connectivity index (χ2n) is 8.19. The van der Waals surface area contributed by atoms with E-state index in [4.69, 9.17) is 37.3 Å². The summed E-state index contributed by atoms with van der Waals surface area (Å²) in [5, 5.41) is 3.60. The highest BCUT2D eigenvalue weighted by Gasteiger charge is 2.39. The van der Waals surface area contributed by atoms with Gasteiger partial charge >= 0.3 is 6.03 Å². The van der Waals surface area contributed by atoms with E-state index >= 15 is 0 Å². The first-order valence-corrected chi connectivity index (χ1v) is 11.3. The van der Waals surface area contributed by atoms with E-state index in [9.17, 15) is 4.79 Å². The molecule has 0 spiro atoms. The lowest BCUT2D eigenvalue weighted by Crippen LogP contribution is -2.29. The van der Waals surface area contributed by atoms with Crippen LogP contribution in [0.5, 0.6) is 23.0 Å². The van der Waals surface area contributed by atoms with Crippen molar-refractivity contribution in [1.82, 2.24) is 4.98 Å². The Bertz CT molecular complexity index is 1320. The maximum atomic E-state index is 12.0. The molecule has 0 bridgehead atoms. The van der Waals surface area contributed by atoms with E-state index in [0.717, 1.165) is 18.2 Å². The van der Waals surface area contributed by atoms with Crippen molar-refractivity contribution in [2.24, 2.45) is 16.5 Å². The minimum absolute atomic E-state index is 0.0877. The fourth-order valence-electron chi connectivity index (χ4n) is 3.27. The van der Waals surface area contributed by atoms with Gasteiger partial charge in [-0.25, -0.2) is 4.79 Å². The minimum Gasteiger partial charge on any atom is -0.493 e. The number of allylic oxidation sites excluding steroid dienone is 1. The average molecular weight is 496 g/mol. The normalized spacial score (nSPS) is 14.7. The number of nitrogens with one attached hydrogen (secondary N) is 1. The van der Waals surface area contributed by atoms with Gasteiger partial charge in [-0.15, -0.1) is 0 Å². The topological polar surface area (TPSA) is 134 Å². The Morgan fingerprint density at radius 2 is 2.03 bits per heavy atom. The lowest BCUT2D eigenvalue weighted by Gasteiger charge is -2.16. The average Bonchev–Trinajstić information content (AvgIpc) is 3.56. The molecule has 1 saturated carbocycles. The predicted octanol–water partition coefficient (Wildman–Crippen LogP) is 5.02. The summed E-state index contributed by atoms with van der Waals surface area (Å²) < 4.78 is 17.5. The van der Waals surface area contributed by atoms with E-state index in [0.29, 0.717) is 40.8 Å². The zero-order chi connectivity index (χ0) is 25.0. The van der Waals surface area contributed by atoms with Crippen LogP contribution in [0.15, 0.2) is 59.7 Å². The number of nitrogens with zero attached hydrogens (tertiary/aromatic N) is 2. The molecule has 1 aromatic heterocycles. The number of nitrogens with two attached hydrogens (primary N) is 2. The smallest absolute Gasteiger partial charge is 0.347 e. The van der Waals surface area contributed by atoms with Gasteiger partial charge in [0.25, 0.3) is 0 Å². The van der Waals surface area contributed by atoms with Crippen LogP contribution >= 0.6 is 11.6 Å². The van der Waals surface area contributed by atoms with Crippen molar-refractivity contribution in [2.75, 3.05) is 19.0 Å². The van der Waals surface area contributed by atoms with E-state index in [1.807, 2.05) is 6.07 Å². The molecule has 0 aliphatic heterocycles. The fraction of sp³-hybridized carbons (Fsp3) is 0.240. The van der Waals surface area contributed by atoms with Crippen LogP contribution in [0, 0.1) is 0 Å². The lowest BCUT2D eigenvalue weighted by molar-refractivity contribution is 0.259. The van der Waals surface area contributed by atoms with Crippen LogP contribution in [0.3, 0.4) is 0 Å². The number of methoxy groups -OCH3 is 1. The number of amidine groups is 1. The molecule has 0 saturated heterocycles. The lowest BCUT2D eigenvalue weighted by atomic mass is 10.1. The van der Waals surface area contributed by atoms with Crippen LogP contribution in [0.2, 0.25) is 5.02 Å². The molecular formula is C25H26ClN5O4. The van der Waals surface area contributed by atoms with Crippen LogP contribution in [0.4, 0.5) is 10.5 Å². The number of carbonyl (C=O) groups is 1. The van der Waals surface area contributed by atoms with Gasteiger partial charge in [0.05, 0.1) is 28.9 Å². The number of aromatic nitrogens is 1. The second kappa shape index (κ2) is 10.2. The highest BCUT2D eigenvalue weighted by atomic mass is 35.5. The molecule has 1 fully saturated rings. The van der Waals surface area contributed by atoms with Crippen molar-refractivity contribution in [3.63, 3.8) is 0 Å². The summed E-state index contributed by atoms with van der Waals surface area (Å²) in [5.74, 6) is 2.23. The molecule has 9 nitrogen and oxygen atoms in total. The maximum absolute atomic E-state index is 12.0. The number of urea groups is 1. The first-order chi connectivity index (χ1) is 16.8. The number of anilines is 1. The third kappa shape index (κ3) is 6.00. The van der Waals surface area contributed by atoms with Gasteiger partial charge in [-0.3, -0.25) is 4.98 Å². The highest BCUT2D eigenvalue weighted by Crippen LogP contribution is 2.39. The Morgan fingerprint density at radius 3 is 2.71 bits per heavy atom. The fourth-order valence-corrected chi connectivity index (χ4v) is 3.49. The molecule has 10 heteroatoms. The number of carbonyl (C=O) groups excluding carboxylic acids is 1. The zero-order valence-electron chi connectivity index (χ0n) is 19.4. The van der Waals surface area contributed by atoms with Crippen molar-refractivity contribution in [3.05, 3.63) is 59.8 Å². The van der Waals surface area contributed by atoms with Crippen molar-refractivity contribution < 1.29 is 19.0 Å². The Hall–Kier alpha value is -3.82. The standard InChI is InChI=1S/C25H26ClN5O4/c1-3-4-23(27)31-24(32)30-18-6-5-15(11-17(18)26)35-20-7-10-29-19-13-22(21(33-2)12-16(19)20)34-14-25(28)8-9-25/h3-7,10-13H,8-9,14,28H2,1-2H3,(H3,27,30,31,32). The summed E-state index contributed by atoms with van der Waals surface area (Å²) in [6.45, 7) is 2.19. The Balaban J connectivity index is 1.54. The minimum atomic E-state index is -0.636.